The molecule has 0 unspecified atom stereocenters. The van der Waals surface area contributed by atoms with Gasteiger partial charge in [-0.1, -0.05) is 0 Å². The Labute approximate surface area is 136 Å². The summed E-state index contributed by atoms with van der Waals surface area (Å²) < 4.78 is 18.2. The number of hydrogen-bond acceptors (Lipinski definition) is 5. The van der Waals surface area contributed by atoms with Crippen molar-refractivity contribution in [2.24, 2.45) is 5.73 Å². The predicted octanol–water partition coefficient (Wildman–Crippen LogP) is 2.11. The summed E-state index contributed by atoms with van der Waals surface area (Å²) in [6.07, 6.45) is 2.16. The molecule has 6 heteroatoms. The van der Waals surface area contributed by atoms with Crippen LogP contribution in [0.15, 0.2) is 18.3 Å². The Balaban J connectivity index is 2.58. The Morgan fingerprint density at radius 2 is 1.83 bits per heavy atom. The standard InChI is InChI=1S/C17H24N2O4/c1-4-22-15-9-13-12(8-17(20)21-3)11-19(7-6-18)14(13)10-16(15)23-5-2/h9-11H,4-8,18H2,1-3H3. The number of aromatic nitrogens is 1. The first-order valence-corrected chi connectivity index (χ1v) is 7.82. The minimum atomic E-state index is -0.274. The van der Waals surface area contributed by atoms with E-state index in [1.54, 1.807) is 0 Å². The number of nitrogens with zero attached hydrogens (tertiary/aromatic N) is 1. The molecule has 0 radical (unpaired) electrons. The first-order valence-electron chi connectivity index (χ1n) is 7.82. The van der Waals surface area contributed by atoms with Crippen molar-refractivity contribution in [2.45, 2.75) is 26.8 Å². The Kier molecular flexibility index (Phi) is 5.87. The zero-order chi connectivity index (χ0) is 16.8. The van der Waals surface area contributed by atoms with Crippen molar-refractivity contribution in [3.8, 4) is 11.5 Å². The van der Waals surface area contributed by atoms with Gasteiger partial charge in [0.2, 0.25) is 0 Å². The number of esters is 1. The summed E-state index contributed by atoms with van der Waals surface area (Å²) >= 11 is 0. The van der Waals surface area contributed by atoms with Crippen LogP contribution < -0.4 is 15.2 Å². The summed E-state index contributed by atoms with van der Waals surface area (Å²) in [4.78, 5) is 11.7. The van der Waals surface area contributed by atoms with Crippen molar-refractivity contribution >= 4 is 16.9 Å². The van der Waals surface area contributed by atoms with Crippen LogP contribution in [0.4, 0.5) is 0 Å². The van der Waals surface area contributed by atoms with Gasteiger partial charge in [0.15, 0.2) is 11.5 Å². The number of carbonyl (C=O) groups excluding carboxylic acids is 1. The topological polar surface area (TPSA) is 75.7 Å². The molecule has 6 nitrogen and oxygen atoms in total. The van der Waals surface area contributed by atoms with Crippen LogP contribution in [0, 0.1) is 0 Å². The molecule has 0 aliphatic rings. The average molecular weight is 320 g/mol. The number of rotatable bonds is 8. The maximum atomic E-state index is 11.7. The molecule has 1 aromatic carbocycles. The molecule has 2 aromatic rings. The van der Waals surface area contributed by atoms with E-state index in [1.165, 1.54) is 7.11 Å². The van der Waals surface area contributed by atoms with Crippen molar-refractivity contribution < 1.29 is 19.0 Å². The molecule has 0 bridgehead atoms. The molecule has 0 aliphatic heterocycles. The van der Waals surface area contributed by atoms with E-state index in [2.05, 4.69) is 0 Å². The van der Waals surface area contributed by atoms with Gasteiger partial charge in [0, 0.05) is 30.7 Å². The van der Waals surface area contributed by atoms with Crippen molar-refractivity contribution in [3.05, 3.63) is 23.9 Å². The third-order valence-electron chi connectivity index (χ3n) is 3.56. The van der Waals surface area contributed by atoms with Gasteiger partial charge in [0.25, 0.3) is 0 Å². The highest BCUT2D eigenvalue weighted by atomic mass is 16.5. The van der Waals surface area contributed by atoms with Crippen LogP contribution in [0.1, 0.15) is 19.4 Å². The molecule has 2 rings (SSSR count). The molecule has 0 fully saturated rings. The fourth-order valence-corrected chi connectivity index (χ4v) is 2.60. The molecular formula is C17H24N2O4. The third-order valence-corrected chi connectivity index (χ3v) is 3.56. The van der Waals surface area contributed by atoms with Crippen LogP contribution in [-0.2, 0) is 22.5 Å². The van der Waals surface area contributed by atoms with Gasteiger partial charge in [-0.25, -0.2) is 0 Å². The second kappa shape index (κ2) is 7.87. The van der Waals surface area contributed by atoms with E-state index in [9.17, 15) is 4.79 Å². The fourth-order valence-electron chi connectivity index (χ4n) is 2.60. The van der Waals surface area contributed by atoms with Crippen LogP contribution in [0.3, 0.4) is 0 Å². The first kappa shape index (κ1) is 17.1. The minimum absolute atomic E-state index is 0.212. The molecule has 0 atom stereocenters. The lowest BCUT2D eigenvalue weighted by atomic mass is 10.1. The van der Waals surface area contributed by atoms with E-state index in [0.29, 0.717) is 37.8 Å². The second-order valence-electron chi connectivity index (χ2n) is 5.07. The number of hydrogen-bond donors (Lipinski definition) is 1. The lowest BCUT2D eigenvalue weighted by Crippen LogP contribution is -2.09. The Morgan fingerprint density at radius 3 is 2.39 bits per heavy atom. The zero-order valence-electron chi connectivity index (χ0n) is 13.9. The monoisotopic (exact) mass is 320 g/mol. The molecule has 0 saturated carbocycles. The van der Waals surface area contributed by atoms with E-state index < -0.39 is 0 Å². The van der Waals surface area contributed by atoms with Crippen LogP contribution in [-0.4, -0.2) is 37.4 Å². The molecular weight excluding hydrogens is 296 g/mol. The summed E-state index contributed by atoms with van der Waals surface area (Å²) in [6.45, 7) is 6.13. The normalized spacial score (nSPS) is 10.8. The average Bonchev–Trinajstić information content (AvgIpc) is 2.85. The molecule has 0 amide bonds. The number of fused-ring (bicyclic) bond motifs is 1. The van der Waals surface area contributed by atoms with E-state index in [-0.39, 0.29) is 12.4 Å². The van der Waals surface area contributed by atoms with Crippen LogP contribution >= 0.6 is 0 Å². The third kappa shape index (κ3) is 3.76. The first-order chi connectivity index (χ1) is 11.1. The summed E-state index contributed by atoms with van der Waals surface area (Å²) in [5.74, 6) is 1.10. The van der Waals surface area contributed by atoms with Gasteiger partial charge in [-0.3, -0.25) is 4.79 Å². The van der Waals surface area contributed by atoms with Crippen LogP contribution in [0.2, 0.25) is 0 Å². The quantitative estimate of drug-likeness (QED) is 0.754. The van der Waals surface area contributed by atoms with Crippen molar-refractivity contribution in [1.29, 1.82) is 0 Å². The van der Waals surface area contributed by atoms with E-state index in [0.717, 1.165) is 16.5 Å². The van der Waals surface area contributed by atoms with Crippen molar-refractivity contribution in [3.63, 3.8) is 0 Å². The summed E-state index contributed by atoms with van der Waals surface area (Å²) in [6, 6.07) is 3.87. The van der Waals surface area contributed by atoms with Gasteiger partial charge < -0.3 is 24.5 Å². The van der Waals surface area contributed by atoms with Gasteiger partial charge in [0.05, 0.1) is 32.3 Å². The highest BCUT2D eigenvalue weighted by Gasteiger charge is 2.16. The SMILES string of the molecule is CCOc1cc2c(CC(=O)OC)cn(CCN)c2cc1OCC. The van der Waals surface area contributed by atoms with Gasteiger partial charge in [-0.15, -0.1) is 0 Å². The highest BCUT2D eigenvalue weighted by molar-refractivity contribution is 5.90. The maximum absolute atomic E-state index is 11.7. The lowest BCUT2D eigenvalue weighted by Gasteiger charge is -2.12. The Bertz CT molecular complexity index is 679. The molecule has 0 spiro atoms. The van der Waals surface area contributed by atoms with Crippen molar-refractivity contribution in [2.75, 3.05) is 26.9 Å². The van der Waals surface area contributed by atoms with Crippen LogP contribution in [0.5, 0.6) is 11.5 Å². The van der Waals surface area contributed by atoms with E-state index in [1.807, 2.05) is 36.7 Å². The second-order valence-corrected chi connectivity index (χ2v) is 5.07. The summed E-state index contributed by atoms with van der Waals surface area (Å²) in [5, 5.41) is 0.954. The molecule has 2 N–H and O–H groups in total. The fraction of sp³-hybridized carbons (Fsp3) is 0.471. The smallest absolute Gasteiger partial charge is 0.310 e. The molecule has 0 saturated heterocycles. The van der Waals surface area contributed by atoms with Crippen molar-refractivity contribution in [1.82, 2.24) is 4.57 Å². The van der Waals surface area contributed by atoms with Gasteiger partial charge >= 0.3 is 5.97 Å². The molecule has 126 valence electrons. The van der Waals surface area contributed by atoms with Gasteiger partial charge in [0.1, 0.15) is 0 Å². The molecule has 1 heterocycles. The largest absolute Gasteiger partial charge is 0.490 e. The van der Waals surface area contributed by atoms with E-state index in [4.69, 9.17) is 19.9 Å². The molecule has 23 heavy (non-hydrogen) atoms. The number of methoxy groups -OCH3 is 1. The maximum Gasteiger partial charge on any atom is 0.310 e. The summed E-state index contributed by atoms with van der Waals surface area (Å²) in [5.41, 5.74) is 7.56. The Hall–Kier alpha value is -2.21. The van der Waals surface area contributed by atoms with E-state index >= 15 is 0 Å². The molecule has 0 aliphatic carbocycles. The Morgan fingerprint density at radius 1 is 1.17 bits per heavy atom. The molecule has 1 aromatic heterocycles. The summed E-state index contributed by atoms with van der Waals surface area (Å²) in [7, 11) is 1.39. The van der Waals surface area contributed by atoms with Crippen LogP contribution in [0.25, 0.3) is 10.9 Å². The van der Waals surface area contributed by atoms with Gasteiger partial charge in [-0.2, -0.15) is 0 Å². The number of carbonyl (C=O) groups is 1. The lowest BCUT2D eigenvalue weighted by molar-refractivity contribution is -0.139. The highest BCUT2D eigenvalue weighted by Crippen LogP contribution is 2.35. The number of ether oxygens (including phenoxy) is 3. The van der Waals surface area contributed by atoms with Gasteiger partial charge in [-0.05, 0) is 25.5 Å². The predicted molar refractivity (Wildman–Crippen MR) is 89.1 cm³/mol. The zero-order valence-corrected chi connectivity index (χ0v) is 13.9. The number of benzene rings is 1. The number of nitrogens with two attached hydrogens (primary N) is 1. The minimum Gasteiger partial charge on any atom is -0.490 e.